The molecule has 1 saturated heterocycles. The summed E-state index contributed by atoms with van der Waals surface area (Å²) >= 11 is 1.33. The van der Waals surface area contributed by atoms with Crippen molar-refractivity contribution in [3.63, 3.8) is 0 Å². The van der Waals surface area contributed by atoms with Crippen molar-refractivity contribution in [1.29, 1.82) is 0 Å². The zero-order chi connectivity index (χ0) is 23.1. The molecule has 3 atom stereocenters. The van der Waals surface area contributed by atoms with Crippen LogP contribution in [0.25, 0.3) is 0 Å². The van der Waals surface area contributed by atoms with Gasteiger partial charge in [0, 0.05) is 18.0 Å². The van der Waals surface area contributed by atoms with E-state index in [4.69, 9.17) is 18.9 Å². The number of benzene rings is 2. The second-order valence-electron chi connectivity index (χ2n) is 8.44. The highest BCUT2D eigenvalue weighted by molar-refractivity contribution is 7.11. The van der Waals surface area contributed by atoms with Gasteiger partial charge in [0.15, 0.2) is 16.6 Å². The number of nitrogens with zero attached hydrogens (tertiary/aromatic N) is 1. The third-order valence-electron chi connectivity index (χ3n) is 5.35. The van der Waals surface area contributed by atoms with Crippen LogP contribution in [0.5, 0.6) is 0 Å². The van der Waals surface area contributed by atoms with Gasteiger partial charge in [-0.3, -0.25) is 4.79 Å². The number of ketones is 1. The first-order valence-corrected chi connectivity index (χ1v) is 11.9. The highest BCUT2D eigenvalue weighted by Gasteiger charge is 2.46. The first-order chi connectivity index (χ1) is 16.0. The lowest BCUT2D eigenvalue weighted by molar-refractivity contribution is -0.162. The molecule has 174 valence electrons. The topological polar surface area (TPSA) is 66.9 Å². The van der Waals surface area contributed by atoms with Crippen LogP contribution >= 0.6 is 11.3 Å². The van der Waals surface area contributed by atoms with Crippen LogP contribution in [0.2, 0.25) is 0 Å². The van der Waals surface area contributed by atoms with Gasteiger partial charge < -0.3 is 18.9 Å². The third kappa shape index (κ3) is 6.79. The van der Waals surface area contributed by atoms with E-state index in [9.17, 15) is 4.79 Å². The second-order valence-corrected chi connectivity index (χ2v) is 9.33. The van der Waals surface area contributed by atoms with Gasteiger partial charge in [-0.15, -0.1) is 11.3 Å². The number of Topliss-reactive ketones (excluding diaryl/α,β-unsaturated/α-hetero) is 1. The predicted octanol–water partition coefficient (Wildman–Crippen LogP) is 5.04. The zero-order valence-corrected chi connectivity index (χ0v) is 19.7. The van der Waals surface area contributed by atoms with Crippen molar-refractivity contribution in [3.8, 4) is 0 Å². The van der Waals surface area contributed by atoms with E-state index in [-0.39, 0.29) is 18.3 Å². The minimum Gasteiger partial charge on any atom is -0.374 e. The van der Waals surface area contributed by atoms with Gasteiger partial charge in [0.1, 0.15) is 12.2 Å². The van der Waals surface area contributed by atoms with Crippen molar-refractivity contribution >= 4 is 17.1 Å². The smallest absolute Gasteiger partial charge is 0.194 e. The molecule has 0 saturated carbocycles. The van der Waals surface area contributed by atoms with E-state index in [0.29, 0.717) is 24.8 Å². The average Bonchev–Trinajstić information content (AvgIpc) is 3.46. The van der Waals surface area contributed by atoms with Crippen LogP contribution in [0.15, 0.2) is 72.2 Å². The minimum atomic E-state index is -0.802. The molecule has 0 N–H and O–H groups in total. The normalized spacial score (nSPS) is 20.5. The lowest BCUT2D eigenvalue weighted by Crippen LogP contribution is -2.41. The van der Waals surface area contributed by atoms with Crippen LogP contribution in [-0.2, 0) is 32.2 Å². The molecule has 0 amide bonds. The van der Waals surface area contributed by atoms with E-state index in [2.05, 4.69) is 4.98 Å². The second kappa shape index (κ2) is 11.1. The molecule has 1 aromatic heterocycles. The van der Waals surface area contributed by atoms with Crippen LogP contribution in [0, 0.1) is 0 Å². The van der Waals surface area contributed by atoms with Gasteiger partial charge >= 0.3 is 0 Å². The van der Waals surface area contributed by atoms with Crippen molar-refractivity contribution in [1.82, 2.24) is 4.98 Å². The van der Waals surface area contributed by atoms with Gasteiger partial charge in [-0.2, -0.15) is 0 Å². The monoisotopic (exact) mass is 467 g/mol. The van der Waals surface area contributed by atoms with E-state index in [1.165, 1.54) is 11.3 Å². The van der Waals surface area contributed by atoms with E-state index < -0.39 is 18.0 Å². The first-order valence-electron chi connectivity index (χ1n) is 11.1. The molecule has 0 spiro atoms. The van der Waals surface area contributed by atoms with E-state index in [1.54, 1.807) is 11.6 Å². The summed E-state index contributed by atoms with van der Waals surface area (Å²) in [7, 11) is 0. The summed E-state index contributed by atoms with van der Waals surface area (Å²) in [4.78, 5) is 17.1. The molecular weight excluding hydrogens is 438 g/mol. The highest BCUT2D eigenvalue weighted by Crippen LogP contribution is 2.33. The van der Waals surface area contributed by atoms with E-state index >= 15 is 0 Å². The van der Waals surface area contributed by atoms with E-state index in [0.717, 1.165) is 11.1 Å². The number of aromatic nitrogens is 1. The zero-order valence-electron chi connectivity index (χ0n) is 18.9. The molecule has 4 rings (SSSR count). The maximum atomic E-state index is 12.9. The van der Waals surface area contributed by atoms with Crippen molar-refractivity contribution in [2.24, 2.45) is 0 Å². The standard InChI is InChI=1S/C26H29NO5S/c1-26(2)31-23(18-29-16-19-9-5-3-6-10-19)24(32-26)22(15-21(28)25-27-13-14-33-25)30-17-20-11-7-4-8-12-20/h3-14,22-24H,15-18H2,1-2H3/t22-,23+,24-/m0/s1. The molecule has 0 aliphatic carbocycles. The highest BCUT2D eigenvalue weighted by atomic mass is 32.1. The molecule has 2 heterocycles. The molecule has 1 aliphatic heterocycles. The molecule has 1 fully saturated rings. The Kier molecular flexibility index (Phi) is 8.01. The minimum absolute atomic E-state index is 0.0691. The molecule has 2 aromatic carbocycles. The molecule has 6 nitrogen and oxygen atoms in total. The fourth-order valence-corrected chi connectivity index (χ4v) is 4.44. The van der Waals surface area contributed by atoms with Gasteiger partial charge in [-0.05, 0) is 25.0 Å². The number of carbonyl (C=O) groups is 1. The molecule has 0 unspecified atom stereocenters. The maximum absolute atomic E-state index is 12.9. The lowest BCUT2D eigenvalue weighted by atomic mass is 10.0. The first kappa shape index (κ1) is 23.7. The summed E-state index contributed by atoms with van der Waals surface area (Å²) < 4.78 is 24.6. The fourth-order valence-electron chi connectivity index (χ4n) is 3.85. The summed E-state index contributed by atoms with van der Waals surface area (Å²) in [5.41, 5.74) is 2.11. The Bertz CT molecular complexity index is 994. The Balaban J connectivity index is 1.46. The van der Waals surface area contributed by atoms with Crippen LogP contribution in [-0.4, -0.2) is 41.5 Å². The number of ether oxygens (including phenoxy) is 4. The summed E-state index contributed by atoms with van der Waals surface area (Å²) in [5.74, 6) is -0.871. The fraction of sp³-hybridized carbons (Fsp3) is 0.385. The van der Waals surface area contributed by atoms with Crippen LogP contribution in [0.4, 0.5) is 0 Å². The predicted molar refractivity (Wildman–Crippen MR) is 126 cm³/mol. The number of carbonyl (C=O) groups excluding carboxylic acids is 1. The lowest BCUT2D eigenvalue weighted by Gasteiger charge is -2.26. The van der Waals surface area contributed by atoms with Crippen molar-refractivity contribution < 1.29 is 23.7 Å². The summed E-state index contributed by atoms with van der Waals surface area (Å²) in [6, 6.07) is 19.9. The van der Waals surface area contributed by atoms with Crippen molar-refractivity contribution in [2.45, 2.75) is 57.6 Å². The van der Waals surface area contributed by atoms with Crippen molar-refractivity contribution in [3.05, 3.63) is 88.4 Å². The van der Waals surface area contributed by atoms with Gasteiger partial charge in [0.2, 0.25) is 0 Å². The third-order valence-corrected chi connectivity index (χ3v) is 6.16. The summed E-state index contributed by atoms with van der Waals surface area (Å²) in [6.07, 6.45) is 0.460. The van der Waals surface area contributed by atoms with Crippen LogP contribution in [0.3, 0.4) is 0 Å². The Morgan fingerprint density at radius 1 is 1.03 bits per heavy atom. The molecule has 33 heavy (non-hydrogen) atoms. The molecule has 1 aliphatic rings. The summed E-state index contributed by atoms with van der Waals surface area (Å²) in [5, 5.41) is 2.27. The number of hydrogen-bond donors (Lipinski definition) is 0. The van der Waals surface area contributed by atoms with Gasteiger partial charge in [0.25, 0.3) is 0 Å². The van der Waals surface area contributed by atoms with Crippen LogP contribution < -0.4 is 0 Å². The van der Waals surface area contributed by atoms with Gasteiger partial charge in [0.05, 0.1) is 25.9 Å². The quantitative estimate of drug-likeness (QED) is 0.368. The summed E-state index contributed by atoms with van der Waals surface area (Å²) in [6.45, 7) is 4.91. The Hall–Kier alpha value is -2.42. The molecular formula is C26H29NO5S. The SMILES string of the molecule is CC1(C)O[C@@H]([C@H](CC(=O)c2nccs2)OCc2ccccc2)[C@@H](COCc2ccccc2)O1. The van der Waals surface area contributed by atoms with Gasteiger partial charge in [-0.1, -0.05) is 60.7 Å². The Labute approximate surface area is 198 Å². The van der Waals surface area contributed by atoms with Crippen molar-refractivity contribution in [2.75, 3.05) is 6.61 Å². The number of thiazole rings is 1. The van der Waals surface area contributed by atoms with Gasteiger partial charge in [-0.25, -0.2) is 4.98 Å². The molecule has 0 radical (unpaired) electrons. The number of hydrogen-bond acceptors (Lipinski definition) is 7. The maximum Gasteiger partial charge on any atom is 0.194 e. The largest absolute Gasteiger partial charge is 0.374 e. The molecule has 0 bridgehead atoms. The molecule has 3 aromatic rings. The molecule has 7 heteroatoms. The average molecular weight is 468 g/mol. The number of rotatable bonds is 11. The Morgan fingerprint density at radius 2 is 1.70 bits per heavy atom. The van der Waals surface area contributed by atoms with E-state index in [1.807, 2.05) is 74.5 Å². The van der Waals surface area contributed by atoms with Crippen LogP contribution in [0.1, 0.15) is 41.2 Å². The Morgan fingerprint density at radius 3 is 2.33 bits per heavy atom.